The lowest BCUT2D eigenvalue weighted by Crippen LogP contribution is -2.22. The van der Waals surface area contributed by atoms with E-state index in [4.69, 9.17) is 0 Å². The molecule has 0 fully saturated rings. The van der Waals surface area contributed by atoms with Crippen molar-refractivity contribution in [3.8, 4) is 0 Å². The Morgan fingerprint density at radius 1 is 1.35 bits per heavy atom. The summed E-state index contributed by atoms with van der Waals surface area (Å²) in [7, 11) is 1.82. The fraction of sp³-hybridized carbons (Fsp3) is 0.214. The van der Waals surface area contributed by atoms with E-state index in [2.05, 4.69) is 15.4 Å². The van der Waals surface area contributed by atoms with Crippen molar-refractivity contribution in [1.82, 2.24) is 19.2 Å². The molecule has 0 aliphatic heterocycles. The maximum absolute atomic E-state index is 12.4. The Kier molecular flexibility index (Phi) is 2.98. The number of hydrogen-bond donors (Lipinski definition) is 1. The number of aromatic nitrogens is 4. The zero-order valence-electron chi connectivity index (χ0n) is 11.4. The first kappa shape index (κ1) is 12.4. The number of rotatable bonds is 3. The van der Waals surface area contributed by atoms with Gasteiger partial charge in [-0.25, -0.2) is 9.50 Å². The van der Waals surface area contributed by atoms with Gasteiger partial charge < -0.3 is 9.88 Å². The zero-order chi connectivity index (χ0) is 14.1. The van der Waals surface area contributed by atoms with E-state index >= 15 is 0 Å². The van der Waals surface area contributed by atoms with Crippen LogP contribution in [-0.4, -0.2) is 26.2 Å². The molecule has 0 spiro atoms. The zero-order valence-corrected chi connectivity index (χ0v) is 11.4. The lowest BCUT2D eigenvalue weighted by molar-refractivity contribution is 0.740. The van der Waals surface area contributed by atoms with Crippen LogP contribution in [-0.2, 0) is 6.54 Å². The molecule has 20 heavy (non-hydrogen) atoms. The van der Waals surface area contributed by atoms with Crippen molar-refractivity contribution in [3.05, 3.63) is 58.4 Å². The van der Waals surface area contributed by atoms with Gasteiger partial charge in [0.1, 0.15) is 11.3 Å². The van der Waals surface area contributed by atoms with Crippen LogP contribution in [0.3, 0.4) is 0 Å². The van der Waals surface area contributed by atoms with Crippen molar-refractivity contribution in [2.75, 3.05) is 12.4 Å². The van der Waals surface area contributed by atoms with Crippen LogP contribution in [0.4, 0.5) is 5.82 Å². The minimum absolute atomic E-state index is 0.0565. The number of pyridine rings is 1. The summed E-state index contributed by atoms with van der Waals surface area (Å²) in [5.41, 5.74) is 2.33. The van der Waals surface area contributed by atoms with Gasteiger partial charge in [-0.1, -0.05) is 6.07 Å². The molecule has 0 atom stereocenters. The molecule has 0 radical (unpaired) electrons. The first-order chi connectivity index (χ1) is 9.69. The average Bonchev–Trinajstić information content (AvgIpc) is 2.84. The van der Waals surface area contributed by atoms with E-state index < -0.39 is 0 Å². The molecule has 3 aromatic heterocycles. The SMILES string of the molecule is CNc1ncccc1Cn1ccn2nc(C)cc2c1=O. The molecule has 0 aromatic carbocycles. The molecule has 6 heteroatoms. The minimum Gasteiger partial charge on any atom is -0.373 e. The van der Waals surface area contributed by atoms with Crippen molar-refractivity contribution in [2.24, 2.45) is 0 Å². The maximum Gasteiger partial charge on any atom is 0.276 e. The van der Waals surface area contributed by atoms with E-state index in [1.807, 2.05) is 26.1 Å². The number of hydrogen-bond acceptors (Lipinski definition) is 4. The second-order valence-electron chi connectivity index (χ2n) is 4.61. The molecule has 3 aromatic rings. The van der Waals surface area contributed by atoms with E-state index in [-0.39, 0.29) is 5.56 Å². The Morgan fingerprint density at radius 3 is 3.00 bits per heavy atom. The van der Waals surface area contributed by atoms with Gasteiger partial charge in [0.25, 0.3) is 5.56 Å². The van der Waals surface area contributed by atoms with Gasteiger partial charge in [0.05, 0.1) is 12.2 Å². The molecule has 0 aliphatic carbocycles. The van der Waals surface area contributed by atoms with Gasteiger partial charge in [-0.3, -0.25) is 4.79 Å². The molecular weight excluding hydrogens is 254 g/mol. The molecule has 0 unspecified atom stereocenters. The third kappa shape index (κ3) is 2.05. The van der Waals surface area contributed by atoms with Gasteiger partial charge in [-0.2, -0.15) is 5.10 Å². The van der Waals surface area contributed by atoms with Crippen LogP contribution in [0.2, 0.25) is 0 Å². The lowest BCUT2D eigenvalue weighted by atomic mass is 10.2. The van der Waals surface area contributed by atoms with Gasteiger partial charge in [0.15, 0.2) is 0 Å². The topological polar surface area (TPSA) is 64.2 Å². The number of fused-ring (bicyclic) bond motifs is 1. The predicted molar refractivity (Wildman–Crippen MR) is 77.1 cm³/mol. The van der Waals surface area contributed by atoms with Crippen molar-refractivity contribution in [1.29, 1.82) is 0 Å². The molecular formula is C14H15N5O. The van der Waals surface area contributed by atoms with Gasteiger partial charge in [-0.05, 0) is 19.1 Å². The molecule has 0 saturated carbocycles. The first-order valence-electron chi connectivity index (χ1n) is 6.36. The Bertz CT molecular complexity index is 818. The maximum atomic E-state index is 12.4. The van der Waals surface area contributed by atoms with Crippen molar-refractivity contribution >= 4 is 11.3 Å². The number of nitrogens with one attached hydrogen (secondary N) is 1. The standard InChI is InChI=1S/C14H15N5O/c1-10-8-12-14(20)18(6-7-19(12)17-10)9-11-4-3-5-16-13(11)15-2/h3-8H,9H2,1-2H3,(H,15,16). The number of nitrogens with zero attached hydrogens (tertiary/aromatic N) is 4. The second kappa shape index (κ2) is 4.80. The fourth-order valence-corrected chi connectivity index (χ4v) is 2.25. The highest BCUT2D eigenvalue weighted by atomic mass is 16.1. The van der Waals surface area contributed by atoms with Gasteiger partial charge >= 0.3 is 0 Å². The summed E-state index contributed by atoms with van der Waals surface area (Å²) in [6.45, 7) is 2.35. The van der Waals surface area contributed by atoms with Crippen molar-refractivity contribution in [3.63, 3.8) is 0 Å². The second-order valence-corrected chi connectivity index (χ2v) is 4.61. The lowest BCUT2D eigenvalue weighted by Gasteiger charge is -2.09. The van der Waals surface area contributed by atoms with E-state index in [9.17, 15) is 4.79 Å². The third-order valence-electron chi connectivity index (χ3n) is 3.19. The molecule has 3 rings (SSSR count). The molecule has 0 amide bonds. The van der Waals surface area contributed by atoms with E-state index in [0.29, 0.717) is 12.1 Å². The minimum atomic E-state index is -0.0565. The summed E-state index contributed by atoms with van der Waals surface area (Å²) in [5, 5.41) is 7.27. The number of anilines is 1. The number of aryl methyl sites for hydroxylation is 1. The summed E-state index contributed by atoms with van der Waals surface area (Å²) in [5.74, 6) is 0.781. The van der Waals surface area contributed by atoms with Crippen LogP contribution >= 0.6 is 0 Å². The highest BCUT2D eigenvalue weighted by molar-refractivity contribution is 5.46. The molecule has 102 valence electrons. The van der Waals surface area contributed by atoms with Crippen LogP contribution in [0.5, 0.6) is 0 Å². The van der Waals surface area contributed by atoms with Gasteiger partial charge in [0, 0.05) is 31.2 Å². The predicted octanol–water partition coefficient (Wildman–Crippen LogP) is 1.29. The molecule has 6 nitrogen and oxygen atoms in total. The quantitative estimate of drug-likeness (QED) is 0.778. The van der Waals surface area contributed by atoms with Gasteiger partial charge in [0.2, 0.25) is 0 Å². The smallest absolute Gasteiger partial charge is 0.276 e. The fourth-order valence-electron chi connectivity index (χ4n) is 2.25. The summed E-state index contributed by atoms with van der Waals surface area (Å²) < 4.78 is 3.27. The van der Waals surface area contributed by atoms with Gasteiger partial charge in [-0.15, -0.1) is 0 Å². The van der Waals surface area contributed by atoms with Crippen LogP contribution in [0.1, 0.15) is 11.3 Å². The summed E-state index contributed by atoms with van der Waals surface area (Å²) in [4.78, 5) is 16.7. The molecule has 1 N–H and O–H groups in total. The normalized spacial score (nSPS) is 10.9. The van der Waals surface area contributed by atoms with Crippen LogP contribution in [0.25, 0.3) is 5.52 Å². The van der Waals surface area contributed by atoms with Crippen LogP contribution in [0, 0.1) is 6.92 Å². The Labute approximate surface area is 115 Å². The van der Waals surface area contributed by atoms with Crippen LogP contribution in [0.15, 0.2) is 41.6 Å². The van der Waals surface area contributed by atoms with Crippen molar-refractivity contribution in [2.45, 2.75) is 13.5 Å². The van der Waals surface area contributed by atoms with E-state index in [0.717, 1.165) is 17.1 Å². The first-order valence-corrected chi connectivity index (χ1v) is 6.36. The highest BCUT2D eigenvalue weighted by Crippen LogP contribution is 2.11. The summed E-state index contributed by atoms with van der Waals surface area (Å²) in [6, 6.07) is 5.61. The highest BCUT2D eigenvalue weighted by Gasteiger charge is 2.08. The monoisotopic (exact) mass is 269 g/mol. The average molecular weight is 269 g/mol. The summed E-state index contributed by atoms with van der Waals surface area (Å²) >= 11 is 0. The molecule has 0 bridgehead atoms. The third-order valence-corrected chi connectivity index (χ3v) is 3.19. The van der Waals surface area contributed by atoms with E-state index in [1.54, 1.807) is 33.7 Å². The van der Waals surface area contributed by atoms with E-state index in [1.165, 1.54) is 0 Å². The Hall–Kier alpha value is -2.63. The molecule has 0 aliphatic rings. The Balaban J connectivity index is 2.07. The summed E-state index contributed by atoms with van der Waals surface area (Å²) in [6.07, 6.45) is 5.26. The molecule has 0 saturated heterocycles. The Morgan fingerprint density at radius 2 is 2.20 bits per heavy atom. The molecule has 3 heterocycles. The van der Waals surface area contributed by atoms with Crippen molar-refractivity contribution < 1.29 is 0 Å². The van der Waals surface area contributed by atoms with Crippen LogP contribution < -0.4 is 10.9 Å². The largest absolute Gasteiger partial charge is 0.373 e.